The quantitative estimate of drug-likeness (QED) is 0.290. The summed E-state index contributed by atoms with van der Waals surface area (Å²) < 4.78 is 15.2. The molecule has 0 saturated carbocycles. The predicted octanol–water partition coefficient (Wildman–Crippen LogP) is 5.75. The minimum absolute atomic E-state index is 0.0823. The number of hydrogen-bond acceptors (Lipinski definition) is 3. The molecule has 1 heterocycles. The van der Waals surface area contributed by atoms with Gasteiger partial charge in [0.1, 0.15) is 11.5 Å². The molecule has 190 valence electrons. The number of fused-ring (bicyclic) bond motifs is 1. The molecule has 0 fully saturated rings. The molecule has 4 aromatic rings. The Kier molecular flexibility index (Phi) is 7.59. The fraction of sp³-hybridized carbons (Fsp3) is 0.179. The van der Waals surface area contributed by atoms with Gasteiger partial charge in [-0.25, -0.2) is 4.39 Å². The van der Waals surface area contributed by atoms with Crippen molar-refractivity contribution in [2.45, 2.75) is 20.4 Å². The summed E-state index contributed by atoms with van der Waals surface area (Å²) in [6.45, 7) is 3.89. The van der Waals surface area contributed by atoms with Gasteiger partial charge in [-0.1, -0.05) is 37.6 Å². The SMILES string of the molecule is CC(C)C(=O)NCc1ccc(Cl)c(C(=O)Nc2ccc3c(c2)cc(C(=O)Nc2cccc(F)c2)n3C)c1. The van der Waals surface area contributed by atoms with E-state index in [0.717, 1.165) is 16.5 Å². The molecule has 37 heavy (non-hydrogen) atoms. The van der Waals surface area contributed by atoms with E-state index in [1.165, 1.54) is 18.2 Å². The number of rotatable bonds is 7. The Bertz CT molecular complexity index is 1510. The lowest BCUT2D eigenvalue weighted by molar-refractivity contribution is -0.124. The summed E-state index contributed by atoms with van der Waals surface area (Å²) in [5.74, 6) is -1.46. The van der Waals surface area contributed by atoms with Gasteiger partial charge in [-0.2, -0.15) is 0 Å². The Morgan fingerprint density at radius 1 is 0.919 bits per heavy atom. The minimum Gasteiger partial charge on any atom is -0.352 e. The van der Waals surface area contributed by atoms with E-state index in [1.807, 2.05) is 0 Å². The highest BCUT2D eigenvalue weighted by Gasteiger charge is 2.16. The number of aryl methyl sites for hydroxylation is 1. The van der Waals surface area contributed by atoms with Crippen molar-refractivity contribution in [2.24, 2.45) is 13.0 Å². The lowest BCUT2D eigenvalue weighted by Gasteiger charge is -2.11. The monoisotopic (exact) mass is 520 g/mol. The topological polar surface area (TPSA) is 92.2 Å². The van der Waals surface area contributed by atoms with Gasteiger partial charge < -0.3 is 20.5 Å². The molecule has 0 aliphatic carbocycles. The lowest BCUT2D eigenvalue weighted by Crippen LogP contribution is -2.27. The normalized spacial score (nSPS) is 11.0. The molecule has 9 heteroatoms. The molecule has 7 nitrogen and oxygen atoms in total. The van der Waals surface area contributed by atoms with Crippen molar-refractivity contribution in [3.63, 3.8) is 0 Å². The number of aromatic nitrogens is 1. The van der Waals surface area contributed by atoms with Crippen LogP contribution in [-0.4, -0.2) is 22.3 Å². The maximum atomic E-state index is 13.5. The molecule has 3 amide bonds. The third-order valence-corrected chi connectivity index (χ3v) is 6.21. The van der Waals surface area contributed by atoms with Crippen LogP contribution >= 0.6 is 11.6 Å². The zero-order valence-electron chi connectivity index (χ0n) is 20.6. The van der Waals surface area contributed by atoms with E-state index in [-0.39, 0.29) is 34.9 Å². The summed E-state index contributed by atoms with van der Waals surface area (Å²) in [5.41, 5.74) is 3.06. The van der Waals surface area contributed by atoms with E-state index < -0.39 is 11.7 Å². The number of anilines is 2. The zero-order chi connectivity index (χ0) is 26.7. The first-order chi connectivity index (χ1) is 17.6. The summed E-state index contributed by atoms with van der Waals surface area (Å²) in [6.07, 6.45) is 0. The predicted molar refractivity (Wildman–Crippen MR) is 143 cm³/mol. The third-order valence-electron chi connectivity index (χ3n) is 5.88. The summed E-state index contributed by atoms with van der Waals surface area (Å²) in [7, 11) is 1.75. The standard InChI is InChI=1S/C28H26ClFN4O3/c1-16(2)26(35)31-15-17-7-9-23(29)22(11-17)27(36)32-21-8-10-24-18(12-21)13-25(34(24)3)28(37)33-20-6-4-5-19(30)14-20/h4-14,16H,15H2,1-3H3,(H,31,35)(H,32,36)(H,33,37). The number of carbonyl (C=O) groups excluding carboxylic acids is 3. The summed E-state index contributed by atoms with van der Waals surface area (Å²) in [5, 5.41) is 9.38. The van der Waals surface area contributed by atoms with Crippen molar-refractivity contribution in [3.8, 4) is 0 Å². The Hall–Kier alpha value is -4.17. The number of carbonyl (C=O) groups is 3. The van der Waals surface area contributed by atoms with Gasteiger partial charge in [-0.3, -0.25) is 14.4 Å². The molecular weight excluding hydrogens is 495 g/mol. The van der Waals surface area contributed by atoms with Crippen LogP contribution in [0, 0.1) is 11.7 Å². The van der Waals surface area contributed by atoms with E-state index in [4.69, 9.17) is 11.6 Å². The van der Waals surface area contributed by atoms with Gasteiger partial charge in [-0.15, -0.1) is 0 Å². The molecule has 0 atom stereocenters. The first-order valence-electron chi connectivity index (χ1n) is 11.7. The van der Waals surface area contributed by atoms with Crippen LogP contribution in [0.1, 0.15) is 40.3 Å². The number of nitrogens with zero attached hydrogens (tertiary/aromatic N) is 1. The van der Waals surface area contributed by atoms with Crippen LogP contribution in [0.5, 0.6) is 0 Å². The molecule has 3 N–H and O–H groups in total. The second-order valence-corrected chi connectivity index (χ2v) is 9.37. The second-order valence-electron chi connectivity index (χ2n) is 8.97. The van der Waals surface area contributed by atoms with Crippen LogP contribution in [0.2, 0.25) is 5.02 Å². The second kappa shape index (κ2) is 10.8. The lowest BCUT2D eigenvalue weighted by atomic mass is 10.1. The Labute approximate surface area is 218 Å². The van der Waals surface area contributed by atoms with Crippen LogP contribution in [-0.2, 0) is 18.4 Å². The van der Waals surface area contributed by atoms with E-state index in [2.05, 4.69) is 16.0 Å². The molecule has 4 rings (SSSR count). The van der Waals surface area contributed by atoms with E-state index >= 15 is 0 Å². The third kappa shape index (κ3) is 5.98. The van der Waals surface area contributed by atoms with Crippen molar-refractivity contribution in [1.29, 1.82) is 0 Å². The van der Waals surface area contributed by atoms with E-state index in [9.17, 15) is 18.8 Å². The van der Waals surface area contributed by atoms with Gasteiger partial charge in [0, 0.05) is 41.8 Å². The highest BCUT2D eigenvalue weighted by Crippen LogP contribution is 2.25. The summed E-state index contributed by atoms with van der Waals surface area (Å²) in [6, 6.07) is 17.7. The highest BCUT2D eigenvalue weighted by molar-refractivity contribution is 6.34. The van der Waals surface area contributed by atoms with Crippen molar-refractivity contribution in [2.75, 3.05) is 10.6 Å². The molecule has 3 aromatic carbocycles. The van der Waals surface area contributed by atoms with E-state index in [1.54, 1.807) is 74.0 Å². The zero-order valence-corrected chi connectivity index (χ0v) is 21.3. The number of nitrogens with one attached hydrogen (secondary N) is 3. The fourth-order valence-electron chi connectivity index (χ4n) is 3.85. The maximum Gasteiger partial charge on any atom is 0.272 e. The number of hydrogen-bond donors (Lipinski definition) is 3. The van der Waals surface area contributed by atoms with Gasteiger partial charge in [0.2, 0.25) is 5.91 Å². The minimum atomic E-state index is -0.443. The molecule has 0 radical (unpaired) electrons. The van der Waals surface area contributed by atoms with Gasteiger partial charge >= 0.3 is 0 Å². The molecule has 0 aliphatic heterocycles. The molecule has 0 bridgehead atoms. The van der Waals surface area contributed by atoms with Crippen LogP contribution < -0.4 is 16.0 Å². The molecule has 0 spiro atoms. The van der Waals surface area contributed by atoms with Gasteiger partial charge in [0.15, 0.2) is 0 Å². The Morgan fingerprint density at radius 2 is 1.65 bits per heavy atom. The van der Waals surface area contributed by atoms with Crippen molar-refractivity contribution < 1.29 is 18.8 Å². The summed E-state index contributed by atoms with van der Waals surface area (Å²) in [4.78, 5) is 37.7. The largest absolute Gasteiger partial charge is 0.352 e. The van der Waals surface area contributed by atoms with Crippen LogP contribution in [0.25, 0.3) is 10.9 Å². The van der Waals surface area contributed by atoms with Crippen molar-refractivity contribution in [3.05, 3.63) is 94.4 Å². The Balaban J connectivity index is 1.51. The van der Waals surface area contributed by atoms with Gasteiger partial charge in [0.25, 0.3) is 11.8 Å². The number of amides is 3. The van der Waals surface area contributed by atoms with E-state index in [0.29, 0.717) is 17.1 Å². The van der Waals surface area contributed by atoms with Gasteiger partial charge in [0.05, 0.1) is 10.6 Å². The first-order valence-corrected chi connectivity index (χ1v) is 12.0. The molecule has 0 saturated heterocycles. The average Bonchev–Trinajstić information content (AvgIpc) is 3.19. The summed E-state index contributed by atoms with van der Waals surface area (Å²) >= 11 is 6.28. The molecule has 0 unspecified atom stereocenters. The number of halogens is 2. The van der Waals surface area contributed by atoms with Crippen LogP contribution in [0.4, 0.5) is 15.8 Å². The highest BCUT2D eigenvalue weighted by atomic mass is 35.5. The fourth-order valence-corrected chi connectivity index (χ4v) is 4.06. The maximum absolute atomic E-state index is 13.5. The van der Waals surface area contributed by atoms with Crippen molar-refractivity contribution >= 4 is 51.6 Å². The van der Waals surface area contributed by atoms with Crippen LogP contribution in [0.15, 0.2) is 66.7 Å². The average molecular weight is 521 g/mol. The van der Waals surface area contributed by atoms with Crippen LogP contribution in [0.3, 0.4) is 0 Å². The van der Waals surface area contributed by atoms with Crippen molar-refractivity contribution in [1.82, 2.24) is 9.88 Å². The molecule has 1 aromatic heterocycles. The van der Waals surface area contributed by atoms with Gasteiger partial charge in [-0.05, 0) is 60.2 Å². The molecule has 0 aliphatic rings. The smallest absolute Gasteiger partial charge is 0.272 e. The molecular formula is C28H26ClFN4O3. The first kappa shape index (κ1) is 25.9. The Morgan fingerprint density at radius 3 is 2.38 bits per heavy atom. The number of benzene rings is 3.